The molecule has 0 radical (unpaired) electrons. The van der Waals surface area contributed by atoms with Gasteiger partial charge >= 0.3 is 0 Å². The van der Waals surface area contributed by atoms with Crippen molar-refractivity contribution < 1.29 is 0 Å². The lowest BCUT2D eigenvalue weighted by Gasteiger charge is -2.06. The zero-order chi connectivity index (χ0) is 12.4. The average molecular weight is 332 g/mol. The summed E-state index contributed by atoms with van der Waals surface area (Å²) in [6.45, 7) is 5.08. The van der Waals surface area contributed by atoms with Crippen LogP contribution in [-0.2, 0) is 6.54 Å². The van der Waals surface area contributed by atoms with E-state index >= 15 is 0 Å². The maximum absolute atomic E-state index is 5.84. The Morgan fingerprint density at radius 2 is 2.18 bits per heavy atom. The molecule has 0 aliphatic heterocycles. The number of nitrogens with one attached hydrogen (secondary N) is 1. The molecule has 0 atom stereocenters. The van der Waals surface area contributed by atoms with Gasteiger partial charge < -0.3 is 5.32 Å². The first-order valence-electron chi connectivity index (χ1n) is 5.17. The average Bonchev–Trinajstić information content (AvgIpc) is 2.59. The third kappa shape index (κ3) is 3.21. The van der Waals surface area contributed by atoms with Gasteiger partial charge in [-0.15, -0.1) is 11.3 Å². The van der Waals surface area contributed by atoms with Crippen molar-refractivity contribution in [2.24, 2.45) is 0 Å². The van der Waals surface area contributed by atoms with Crippen LogP contribution in [0.1, 0.15) is 15.3 Å². The van der Waals surface area contributed by atoms with Gasteiger partial charge in [0.15, 0.2) is 0 Å². The van der Waals surface area contributed by atoms with E-state index in [1.807, 2.05) is 17.4 Å². The molecule has 17 heavy (non-hydrogen) atoms. The van der Waals surface area contributed by atoms with Crippen LogP contribution < -0.4 is 5.32 Å². The summed E-state index contributed by atoms with van der Waals surface area (Å²) in [6.07, 6.45) is 1.74. The molecule has 0 aliphatic rings. The molecule has 0 spiro atoms. The molecular formula is C12H12BrClN2S. The number of rotatable bonds is 3. The molecule has 0 fully saturated rings. The number of anilines is 1. The van der Waals surface area contributed by atoms with E-state index in [9.17, 15) is 0 Å². The maximum atomic E-state index is 5.84. The van der Waals surface area contributed by atoms with E-state index in [2.05, 4.69) is 46.1 Å². The van der Waals surface area contributed by atoms with E-state index < -0.39 is 0 Å². The van der Waals surface area contributed by atoms with Crippen molar-refractivity contribution >= 4 is 44.6 Å². The van der Waals surface area contributed by atoms with Crippen LogP contribution in [0.5, 0.6) is 0 Å². The van der Waals surface area contributed by atoms with Gasteiger partial charge in [-0.3, -0.25) is 0 Å². The Bertz CT molecular complexity index is 539. The number of hydrogen-bond acceptors (Lipinski definition) is 3. The Balaban J connectivity index is 2.07. The van der Waals surface area contributed by atoms with E-state index in [4.69, 9.17) is 11.6 Å². The molecule has 2 nitrogen and oxygen atoms in total. The number of aromatic nitrogens is 1. The lowest BCUT2D eigenvalue weighted by molar-refractivity contribution is 1.13. The van der Waals surface area contributed by atoms with Crippen LogP contribution in [0.3, 0.4) is 0 Å². The molecule has 0 aliphatic carbocycles. The molecule has 2 heterocycles. The summed E-state index contributed by atoms with van der Waals surface area (Å²) in [5.74, 6) is 0. The SMILES string of the molecule is Cc1cc(CNc2cnc(Cl)c(Br)c2)c(C)s1. The van der Waals surface area contributed by atoms with E-state index in [0.29, 0.717) is 5.15 Å². The number of hydrogen-bond donors (Lipinski definition) is 1. The molecule has 0 bridgehead atoms. The van der Waals surface area contributed by atoms with Gasteiger partial charge in [0.25, 0.3) is 0 Å². The fourth-order valence-corrected chi connectivity index (χ4v) is 2.97. The molecule has 0 unspecified atom stereocenters. The monoisotopic (exact) mass is 330 g/mol. The summed E-state index contributed by atoms with van der Waals surface area (Å²) in [6, 6.07) is 4.15. The van der Waals surface area contributed by atoms with Gasteiger partial charge in [0, 0.05) is 16.3 Å². The Morgan fingerprint density at radius 3 is 2.76 bits per heavy atom. The molecule has 0 saturated heterocycles. The number of thiophene rings is 1. The number of nitrogens with zero attached hydrogens (tertiary/aromatic N) is 1. The smallest absolute Gasteiger partial charge is 0.143 e. The molecule has 1 N–H and O–H groups in total. The van der Waals surface area contributed by atoms with Gasteiger partial charge in [0.2, 0.25) is 0 Å². The predicted molar refractivity (Wildman–Crippen MR) is 78.1 cm³/mol. The van der Waals surface area contributed by atoms with Crippen molar-refractivity contribution in [3.05, 3.63) is 43.3 Å². The summed E-state index contributed by atoms with van der Waals surface area (Å²) < 4.78 is 0.808. The molecule has 0 amide bonds. The second-order valence-electron chi connectivity index (χ2n) is 3.79. The highest BCUT2D eigenvalue weighted by Crippen LogP contribution is 2.25. The molecule has 5 heteroatoms. The highest BCUT2D eigenvalue weighted by atomic mass is 79.9. The fourth-order valence-electron chi connectivity index (χ4n) is 1.57. The topological polar surface area (TPSA) is 24.9 Å². The van der Waals surface area contributed by atoms with E-state index in [-0.39, 0.29) is 0 Å². The molecule has 2 aromatic rings. The van der Waals surface area contributed by atoms with Gasteiger partial charge in [-0.2, -0.15) is 0 Å². The molecule has 0 saturated carbocycles. The summed E-state index contributed by atoms with van der Waals surface area (Å²) >= 11 is 11.0. The number of aryl methyl sites for hydroxylation is 2. The van der Waals surface area contributed by atoms with Gasteiger partial charge in [-0.25, -0.2) is 4.98 Å². The van der Waals surface area contributed by atoms with Gasteiger partial charge in [0.1, 0.15) is 5.15 Å². The van der Waals surface area contributed by atoms with Gasteiger partial charge in [-0.1, -0.05) is 11.6 Å². The van der Waals surface area contributed by atoms with Crippen LogP contribution in [0.15, 0.2) is 22.8 Å². The van der Waals surface area contributed by atoms with E-state index in [1.165, 1.54) is 15.3 Å². The number of halogens is 2. The Labute approximate surface area is 118 Å². The summed E-state index contributed by atoms with van der Waals surface area (Å²) in [4.78, 5) is 6.78. The summed E-state index contributed by atoms with van der Waals surface area (Å²) in [5, 5.41) is 3.82. The van der Waals surface area contributed by atoms with Crippen LogP contribution in [-0.4, -0.2) is 4.98 Å². The maximum Gasteiger partial charge on any atom is 0.143 e. The molecule has 2 rings (SSSR count). The Morgan fingerprint density at radius 1 is 1.41 bits per heavy atom. The van der Waals surface area contributed by atoms with Crippen molar-refractivity contribution in [3.63, 3.8) is 0 Å². The first-order valence-corrected chi connectivity index (χ1v) is 7.16. The van der Waals surface area contributed by atoms with Gasteiger partial charge in [0.05, 0.1) is 16.4 Å². The summed E-state index contributed by atoms with van der Waals surface area (Å²) in [7, 11) is 0. The first-order chi connectivity index (χ1) is 8.06. The lowest BCUT2D eigenvalue weighted by Crippen LogP contribution is -1.99. The second-order valence-corrected chi connectivity index (χ2v) is 6.46. The first kappa shape index (κ1) is 12.9. The third-order valence-corrected chi connectivity index (χ3v) is 4.57. The van der Waals surface area contributed by atoms with Crippen molar-refractivity contribution in [1.29, 1.82) is 0 Å². The van der Waals surface area contributed by atoms with Crippen LogP contribution in [0.25, 0.3) is 0 Å². The minimum atomic E-state index is 0.484. The predicted octanol–water partition coefficient (Wildman–Crippen LogP) is 4.79. The minimum Gasteiger partial charge on any atom is -0.380 e. The molecule has 2 aromatic heterocycles. The van der Waals surface area contributed by atoms with Crippen molar-refractivity contribution in [3.8, 4) is 0 Å². The Hall–Kier alpha value is -0.580. The van der Waals surface area contributed by atoms with Crippen molar-refractivity contribution in [2.45, 2.75) is 20.4 Å². The highest BCUT2D eigenvalue weighted by Gasteiger charge is 2.04. The zero-order valence-corrected chi connectivity index (χ0v) is 12.7. The van der Waals surface area contributed by atoms with Crippen LogP contribution >= 0.6 is 38.9 Å². The van der Waals surface area contributed by atoms with Crippen molar-refractivity contribution in [2.75, 3.05) is 5.32 Å². The largest absolute Gasteiger partial charge is 0.380 e. The Kier molecular flexibility index (Phi) is 4.07. The minimum absolute atomic E-state index is 0.484. The quantitative estimate of drug-likeness (QED) is 0.818. The van der Waals surface area contributed by atoms with E-state index in [0.717, 1.165) is 16.7 Å². The zero-order valence-electron chi connectivity index (χ0n) is 9.55. The lowest BCUT2D eigenvalue weighted by atomic mass is 10.2. The normalized spacial score (nSPS) is 10.6. The van der Waals surface area contributed by atoms with Crippen molar-refractivity contribution in [1.82, 2.24) is 4.98 Å². The number of pyridine rings is 1. The summed E-state index contributed by atoms with van der Waals surface area (Å²) in [5.41, 5.74) is 2.29. The fraction of sp³-hybridized carbons (Fsp3) is 0.250. The van der Waals surface area contributed by atoms with Crippen LogP contribution in [0.2, 0.25) is 5.15 Å². The molecule has 90 valence electrons. The molecule has 0 aromatic carbocycles. The van der Waals surface area contributed by atoms with Gasteiger partial charge in [-0.05, 0) is 47.5 Å². The highest BCUT2D eigenvalue weighted by molar-refractivity contribution is 9.10. The second kappa shape index (κ2) is 5.38. The van der Waals surface area contributed by atoms with E-state index in [1.54, 1.807) is 6.20 Å². The standard InChI is InChI=1S/C12H12BrClN2S/c1-7-3-9(8(2)17-7)5-15-10-4-11(13)12(14)16-6-10/h3-4,6,15H,5H2,1-2H3. The van der Waals surface area contributed by atoms with Crippen LogP contribution in [0, 0.1) is 13.8 Å². The molecular weight excluding hydrogens is 320 g/mol. The third-order valence-electron chi connectivity index (χ3n) is 2.42. The van der Waals surface area contributed by atoms with Crippen LogP contribution in [0.4, 0.5) is 5.69 Å².